The lowest BCUT2D eigenvalue weighted by molar-refractivity contribution is -0.151. The van der Waals surface area contributed by atoms with Crippen LogP contribution >= 0.6 is 11.3 Å². The largest absolute Gasteiger partial charge is 0.465 e. The third-order valence-electron chi connectivity index (χ3n) is 6.49. The molecule has 1 unspecified atom stereocenters. The van der Waals surface area contributed by atoms with Gasteiger partial charge in [0.2, 0.25) is 0 Å². The van der Waals surface area contributed by atoms with Crippen LogP contribution in [0.25, 0.3) is 21.3 Å². The molecular weight excluding hydrogens is 410 g/mol. The van der Waals surface area contributed by atoms with Gasteiger partial charge in [-0.05, 0) is 63.1 Å². The van der Waals surface area contributed by atoms with E-state index in [4.69, 9.17) is 10.5 Å². The number of H-pyrrole nitrogens is 1. The predicted molar refractivity (Wildman–Crippen MR) is 125 cm³/mol. The third-order valence-corrected chi connectivity index (χ3v) is 7.75. The molecule has 2 heterocycles. The van der Waals surface area contributed by atoms with Gasteiger partial charge in [-0.2, -0.15) is 0 Å². The SMILES string of the molecule is CCCCOC(=O)C1CCC(C(C)(O)c2ncc(-c3cc(N)cc4[nH]ccc34)s2)CC1. The Balaban J connectivity index is 1.46. The van der Waals surface area contributed by atoms with Gasteiger partial charge in [0.25, 0.3) is 0 Å². The number of carbonyl (C=O) groups excluding carboxylic acids is 1. The minimum absolute atomic E-state index is 0.0510. The lowest BCUT2D eigenvalue weighted by Gasteiger charge is -2.36. The van der Waals surface area contributed by atoms with Crippen molar-refractivity contribution in [3.8, 4) is 10.4 Å². The van der Waals surface area contributed by atoms with Crippen LogP contribution < -0.4 is 5.73 Å². The summed E-state index contributed by atoms with van der Waals surface area (Å²) in [4.78, 5) is 21.0. The molecule has 7 heteroatoms. The van der Waals surface area contributed by atoms with Crippen LogP contribution in [0.5, 0.6) is 0 Å². The highest BCUT2D eigenvalue weighted by Gasteiger charge is 2.40. The van der Waals surface area contributed by atoms with E-state index in [0.29, 0.717) is 17.3 Å². The molecule has 166 valence electrons. The van der Waals surface area contributed by atoms with Gasteiger partial charge in [-0.15, -0.1) is 11.3 Å². The van der Waals surface area contributed by atoms with Crippen LogP contribution in [-0.4, -0.2) is 27.7 Å². The van der Waals surface area contributed by atoms with E-state index in [1.807, 2.05) is 37.5 Å². The molecule has 0 saturated heterocycles. The number of benzene rings is 1. The number of nitrogen functional groups attached to an aromatic ring is 1. The molecule has 6 nitrogen and oxygen atoms in total. The number of nitrogens with zero attached hydrogens (tertiary/aromatic N) is 1. The summed E-state index contributed by atoms with van der Waals surface area (Å²) in [6.07, 6.45) is 8.73. The average molecular weight is 442 g/mol. The molecule has 1 aliphatic carbocycles. The highest BCUT2D eigenvalue weighted by molar-refractivity contribution is 7.15. The summed E-state index contributed by atoms with van der Waals surface area (Å²) in [6.45, 7) is 4.44. The number of unbranched alkanes of at least 4 members (excludes halogenated alkanes) is 1. The van der Waals surface area contributed by atoms with Crippen LogP contribution in [0, 0.1) is 11.8 Å². The topological polar surface area (TPSA) is 101 Å². The molecule has 4 N–H and O–H groups in total. The Labute approximate surface area is 186 Å². The molecule has 1 atom stereocenters. The lowest BCUT2D eigenvalue weighted by atomic mass is 9.74. The Hall–Kier alpha value is -2.38. The van der Waals surface area contributed by atoms with Crippen LogP contribution in [0.1, 0.15) is 57.4 Å². The zero-order valence-corrected chi connectivity index (χ0v) is 19.0. The lowest BCUT2D eigenvalue weighted by Crippen LogP contribution is -2.36. The van der Waals surface area contributed by atoms with Crippen LogP contribution in [0.4, 0.5) is 5.69 Å². The fraction of sp³-hybridized carbons (Fsp3) is 0.500. The van der Waals surface area contributed by atoms with Crippen LogP contribution in [0.2, 0.25) is 0 Å². The second-order valence-corrected chi connectivity index (χ2v) is 9.78. The Kier molecular flexibility index (Phi) is 6.34. The van der Waals surface area contributed by atoms with E-state index in [-0.39, 0.29) is 17.8 Å². The molecule has 3 aromatic rings. The van der Waals surface area contributed by atoms with E-state index in [9.17, 15) is 9.90 Å². The number of thiazole rings is 1. The Morgan fingerprint density at radius 3 is 2.87 bits per heavy atom. The van der Waals surface area contributed by atoms with Crippen LogP contribution in [0.3, 0.4) is 0 Å². The number of carbonyl (C=O) groups is 1. The van der Waals surface area contributed by atoms with Gasteiger partial charge in [0.15, 0.2) is 0 Å². The minimum atomic E-state index is -1.03. The van der Waals surface area contributed by atoms with Gasteiger partial charge in [-0.25, -0.2) is 4.98 Å². The zero-order chi connectivity index (χ0) is 22.0. The summed E-state index contributed by atoms with van der Waals surface area (Å²) in [5.74, 6) is -0.0653. The first-order valence-electron chi connectivity index (χ1n) is 11.1. The summed E-state index contributed by atoms with van der Waals surface area (Å²) in [7, 11) is 0. The summed E-state index contributed by atoms with van der Waals surface area (Å²) < 4.78 is 5.39. The average Bonchev–Trinajstić information content (AvgIpc) is 3.43. The van der Waals surface area contributed by atoms with E-state index in [0.717, 1.165) is 59.9 Å². The maximum Gasteiger partial charge on any atom is 0.308 e. The zero-order valence-electron chi connectivity index (χ0n) is 18.2. The second-order valence-electron chi connectivity index (χ2n) is 8.75. The molecule has 1 aromatic carbocycles. The standard InChI is InChI=1S/C24H31N3O3S/c1-3-4-11-30-22(28)15-5-7-16(8-6-15)24(2,29)23-27-14-21(31-23)19-12-17(25)13-20-18(19)9-10-26-20/h9-10,12-16,26,29H,3-8,11,25H2,1-2H3. The number of nitrogens with two attached hydrogens (primary N) is 1. The number of fused-ring (bicyclic) bond motifs is 1. The number of ether oxygens (including phenoxy) is 1. The number of aromatic amines is 1. The van der Waals surface area contributed by atoms with E-state index in [1.54, 1.807) is 0 Å². The molecule has 1 aliphatic rings. The monoisotopic (exact) mass is 441 g/mol. The second kappa shape index (κ2) is 9.01. The molecule has 0 spiro atoms. The summed E-state index contributed by atoms with van der Waals surface area (Å²) in [5, 5.41) is 13.2. The van der Waals surface area contributed by atoms with Crippen molar-refractivity contribution in [2.75, 3.05) is 12.3 Å². The molecule has 31 heavy (non-hydrogen) atoms. The number of anilines is 1. The highest BCUT2D eigenvalue weighted by Crippen LogP contribution is 2.44. The maximum absolute atomic E-state index is 12.3. The van der Waals surface area contributed by atoms with Crippen molar-refractivity contribution in [1.82, 2.24) is 9.97 Å². The molecule has 0 amide bonds. The van der Waals surface area contributed by atoms with E-state index in [1.165, 1.54) is 11.3 Å². The number of esters is 1. The third kappa shape index (κ3) is 4.48. The summed E-state index contributed by atoms with van der Waals surface area (Å²) in [6, 6.07) is 5.91. The molecular formula is C24H31N3O3S. The Morgan fingerprint density at radius 2 is 2.13 bits per heavy atom. The number of aromatic nitrogens is 2. The Morgan fingerprint density at radius 1 is 1.35 bits per heavy atom. The van der Waals surface area contributed by atoms with Gasteiger partial charge in [0.1, 0.15) is 10.6 Å². The van der Waals surface area contributed by atoms with Crippen LogP contribution in [-0.2, 0) is 15.1 Å². The molecule has 2 aromatic heterocycles. The van der Waals surface area contributed by atoms with Crippen molar-refractivity contribution in [2.24, 2.45) is 11.8 Å². The number of hydrogen-bond donors (Lipinski definition) is 3. The van der Waals surface area contributed by atoms with Crippen molar-refractivity contribution in [2.45, 2.75) is 58.0 Å². The predicted octanol–water partition coefficient (Wildman–Crippen LogP) is 5.23. The Bertz CT molecular complexity index is 1050. The first-order chi connectivity index (χ1) is 14.9. The molecule has 1 saturated carbocycles. The first kappa shape index (κ1) is 21.8. The van der Waals surface area contributed by atoms with Crippen molar-refractivity contribution in [3.63, 3.8) is 0 Å². The van der Waals surface area contributed by atoms with Gasteiger partial charge in [0, 0.05) is 34.5 Å². The van der Waals surface area contributed by atoms with E-state index in [2.05, 4.69) is 16.9 Å². The van der Waals surface area contributed by atoms with E-state index < -0.39 is 5.60 Å². The summed E-state index contributed by atoms with van der Waals surface area (Å²) >= 11 is 1.51. The van der Waals surface area contributed by atoms with E-state index >= 15 is 0 Å². The number of hydrogen-bond acceptors (Lipinski definition) is 6. The van der Waals surface area contributed by atoms with Gasteiger partial charge in [-0.1, -0.05) is 13.3 Å². The van der Waals surface area contributed by atoms with Gasteiger partial charge >= 0.3 is 5.97 Å². The van der Waals surface area contributed by atoms with Crippen molar-refractivity contribution in [3.05, 3.63) is 35.6 Å². The maximum atomic E-state index is 12.3. The fourth-order valence-electron chi connectivity index (χ4n) is 4.53. The van der Waals surface area contributed by atoms with Gasteiger partial charge in [-0.3, -0.25) is 4.79 Å². The fourth-order valence-corrected chi connectivity index (χ4v) is 5.60. The molecule has 0 bridgehead atoms. The van der Waals surface area contributed by atoms with Crippen LogP contribution in [0.15, 0.2) is 30.6 Å². The smallest absolute Gasteiger partial charge is 0.308 e. The molecule has 0 radical (unpaired) electrons. The number of nitrogens with one attached hydrogen (secondary N) is 1. The van der Waals surface area contributed by atoms with Crippen molar-refractivity contribution < 1.29 is 14.6 Å². The van der Waals surface area contributed by atoms with Gasteiger partial charge < -0.3 is 20.6 Å². The molecule has 0 aliphatic heterocycles. The van der Waals surface area contributed by atoms with Gasteiger partial charge in [0.05, 0.1) is 17.4 Å². The number of aliphatic hydroxyl groups is 1. The van der Waals surface area contributed by atoms with Crippen molar-refractivity contribution in [1.29, 1.82) is 0 Å². The minimum Gasteiger partial charge on any atom is -0.465 e. The normalized spacial score (nSPS) is 21.1. The number of rotatable bonds is 7. The molecule has 1 fully saturated rings. The first-order valence-corrected chi connectivity index (χ1v) is 11.9. The highest BCUT2D eigenvalue weighted by atomic mass is 32.1. The summed E-state index contributed by atoms with van der Waals surface area (Å²) in [5.41, 5.74) is 7.75. The molecule has 4 rings (SSSR count). The van der Waals surface area contributed by atoms with Crippen molar-refractivity contribution >= 4 is 33.9 Å². The quantitative estimate of drug-likeness (QED) is 0.265.